The molecule has 2 aromatic carbocycles. The van der Waals surface area contributed by atoms with Crippen LogP contribution in [-0.2, 0) is 0 Å². The highest BCUT2D eigenvalue weighted by Crippen LogP contribution is 2.30. The summed E-state index contributed by atoms with van der Waals surface area (Å²) >= 11 is 0. The minimum Gasteiger partial charge on any atom is -0.423 e. The number of ether oxygens (including phenoxy) is 1. The van der Waals surface area contributed by atoms with Crippen LogP contribution in [0.2, 0.25) is 0 Å². The van der Waals surface area contributed by atoms with Crippen molar-refractivity contribution < 1.29 is 18.4 Å². The number of pyridine rings is 1. The SMILES string of the molecule is O=C(Oc1ccc2c(-c3ccc(F)cc3)noc2c1)c1ccncc1. The normalized spacial score (nSPS) is 10.8. The van der Waals surface area contributed by atoms with Gasteiger partial charge in [-0.15, -0.1) is 0 Å². The lowest BCUT2D eigenvalue weighted by atomic mass is 10.1. The van der Waals surface area contributed by atoms with Gasteiger partial charge in [0.2, 0.25) is 0 Å². The van der Waals surface area contributed by atoms with Crippen molar-refractivity contribution >= 4 is 16.9 Å². The number of benzene rings is 2. The third-order valence-electron chi connectivity index (χ3n) is 3.69. The number of rotatable bonds is 3. The summed E-state index contributed by atoms with van der Waals surface area (Å²) in [5, 5.41) is 4.77. The van der Waals surface area contributed by atoms with Crippen molar-refractivity contribution in [2.45, 2.75) is 0 Å². The fourth-order valence-corrected chi connectivity index (χ4v) is 2.45. The van der Waals surface area contributed by atoms with Gasteiger partial charge in [0.25, 0.3) is 0 Å². The van der Waals surface area contributed by atoms with Gasteiger partial charge in [-0.2, -0.15) is 0 Å². The van der Waals surface area contributed by atoms with E-state index in [2.05, 4.69) is 10.1 Å². The second-order valence-corrected chi connectivity index (χ2v) is 5.32. The van der Waals surface area contributed by atoms with E-state index >= 15 is 0 Å². The summed E-state index contributed by atoms with van der Waals surface area (Å²) < 4.78 is 23.7. The van der Waals surface area contributed by atoms with Crippen LogP contribution in [0, 0.1) is 5.82 Å². The molecule has 4 aromatic rings. The first-order valence-corrected chi connectivity index (χ1v) is 7.48. The van der Waals surface area contributed by atoms with Gasteiger partial charge in [0.05, 0.1) is 5.56 Å². The van der Waals surface area contributed by atoms with Gasteiger partial charge in [-0.3, -0.25) is 4.98 Å². The molecule has 0 aliphatic heterocycles. The van der Waals surface area contributed by atoms with Crippen LogP contribution < -0.4 is 4.74 Å². The maximum absolute atomic E-state index is 13.1. The summed E-state index contributed by atoms with van der Waals surface area (Å²) in [6.45, 7) is 0. The Balaban J connectivity index is 1.63. The Labute approximate surface area is 141 Å². The fourth-order valence-electron chi connectivity index (χ4n) is 2.45. The van der Waals surface area contributed by atoms with Crippen molar-refractivity contribution in [1.29, 1.82) is 0 Å². The highest BCUT2D eigenvalue weighted by molar-refractivity contribution is 5.94. The summed E-state index contributed by atoms with van der Waals surface area (Å²) in [4.78, 5) is 15.9. The second-order valence-electron chi connectivity index (χ2n) is 5.32. The van der Waals surface area contributed by atoms with E-state index in [-0.39, 0.29) is 5.82 Å². The molecule has 0 aliphatic carbocycles. The first-order chi connectivity index (χ1) is 12.2. The number of halogens is 1. The molecule has 5 nitrogen and oxygen atoms in total. The van der Waals surface area contributed by atoms with E-state index in [9.17, 15) is 9.18 Å². The van der Waals surface area contributed by atoms with Crippen molar-refractivity contribution in [2.24, 2.45) is 0 Å². The Hall–Kier alpha value is -3.54. The lowest BCUT2D eigenvalue weighted by Crippen LogP contribution is -2.08. The van der Waals surface area contributed by atoms with Crippen LogP contribution >= 0.6 is 0 Å². The molecule has 6 heteroatoms. The van der Waals surface area contributed by atoms with Crippen LogP contribution in [0.15, 0.2) is 71.5 Å². The number of fused-ring (bicyclic) bond motifs is 1. The van der Waals surface area contributed by atoms with Gasteiger partial charge in [-0.05, 0) is 48.5 Å². The van der Waals surface area contributed by atoms with Crippen molar-refractivity contribution in [1.82, 2.24) is 10.1 Å². The van der Waals surface area contributed by atoms with E-state index < -0.39 is 5.97 Å². The number of hydrogen-bond acceptors (Lipinski definition) is 5. The molecule has 0 radical (unpaired) electrons. The average Bonchev–Trinajstić information content (AvgIpc) is 3.06. The monoisotopic (exact) mass is 334 g/mol. The third kappa shape index (κ3) is 2.97. The molecule has 0 unspecified atom stereocenters. The molecule has 2 aromatic heterocycles. The summed E-state index contributed by atoms with van der Waals surface area (Å²) in [5.41, 5.74) is 2.21. The van der Waals surface area contributed by atoms with Gasteiger partial charge in [-0.25, -0.2) is 9.18 Å². The van der Waals surface area contributed by atoms with E-state index in [4.69, 9.17) is 9.26 Å². The Morgan fingerprint density at radius 3 is 2.52 bits per heavy atom. The Morgan fingerprint density at radius 2 is 1.76 bits per heavy atom. The number of esters is 1. The first-order valence-electron chi connectivity index (χ1n) is 7.48. The van der Waals surface area contributed by atoms with Crippen LogP contribution in [0.25, 0.3) is 22.2 Å². The zero-order chi connectivity index (χ0) is 17.2. The van der Waals surface area contributed by atoms with Crippen molar-refractivity contribution in [2.75, 3.05) is 0 Å². The molecule has 0 spiro atoms. The molecule has 122 valence electrons. The highest BCUT2D eigenvalue weighted by atomic mass is 19.1. The molecule has 0 amide bonds. The van der Waals surface area contributed by atoms with Crippen molar-refractivity contribution in [3.8, 4) is 17.0 Å². The molecule has 0 saturated heterocycles. The minimum atomic E-state index is -0.486. The molecule has 0 N–H and O–H groups in total. The summed E-state index contributed by atoms with van der Waals surface area (Å²) in [5.74, 6) is -0.460. The summed E-state index contributed by atoms with van der Waals surface area (Å²) in [6.07, 6.45) is 3.04. The van der Waals surface area contributed by atoms with Crippen LogP contribution in [0.3, 0.4) is 0 Å². The van der Waals surface area contributed by atoms with E-state index in [1.54, 1.807) is 42.5 Å². The van der Waals surface area contributed by atoms with E-state index in [1.165, 1.54) is 24.5 Å². The van der Waals surface area contributed by atoms with Crippen LogP contribution in [-0.4, -0.2) is 16.1 Å². The van der Waals surface area contributed by atoms with Crippen LogP contribution in [0.4, 0.5) is 4.39 Å². The topological polar surface area (TPSA) is 65.2 Å². The summed E-state index contributed by atoms with van der Waals surface area (Å²) in [7, 11) is 0. The molecule has 0 saturated carbocycles. The van der Waals surface area contributed by atoms with Gasteiger partial charge < -0.3 is 9.26 Å². The van der Waals surface area contributed by atoms with Crippen molar-refractivity contribution in [3.05, 3.63) is 78.4 Å². The zero-order valence-electron chi connectivity index (χ0n) is 12.8. The predicted octanol–water partition coefficient (Wildman–Crippen LogP) is 4.25. The number of carbonyl (C=O) groups is 1. The van der Waals surface area contributed by atoms with Crippen LogP contribution in [0.5, 0.6) is 5.75 Å². The van der Waals surface area contributed by atoms with Gasteiger partial charge in [0.15, 0.2) is 5.58 Å². The second kappa shape index (κ2) is 6.16. The predicted molar refractivity (Wildman–Crippen MR) is 88.6 cm³/mol. The number of nitrogens with zero attached hydrogens (tertiary/aromatic N) is 2. The van der Waals surface area contributed by atoms with Crippen LogP contribution in [0.1, 0.15) is 10.4 Å². The molecule has 0 bridgehead atoms. The maximum atomic E-state index is 13.1. The Morgan fingerprint density at radius 1 is 1.00 bits per heavy atom. The van der Waals surface area contributed by atoms with E-state index in [0.29, 0.717) is 22.6 Å². The molecule has 0 aliphatic rings. The lowest BCUT2D eigenvalue weighted by Gasteiger charge is -2.03. The molecule has 25 heavy (non-hydrogen) atoms. The van der Waals surface area contributed by atoms with Gasteiger partial charge in [0.1, 0.15) is 17.3 Å². The fraction of sp³-hybridized carbons (Fsp3) is 0. The molecule has 0 atom stereocenters. The standard InChI is InChI=1S/C19H11FN2O3/c20-14-3-1-12(2-4-14)18-16-6-5-15(11-17(16)25-22-18)24-19(23)13-7-9-21-10-8-13/h1-11H. The van der Waals surface area contributed by atoms with Crippen molar-refractivity contribution in [3.63, 3.8) is 0 Å². The number of aromatic nitrogens is 2. The lowest BCUT2D eigenvalue weighted by molar-refractivity contribution is 0.0735. The molecular formula is C19H11FN2O3. The number of hydrogen-bond donors (Lipinski definition) is 0. The highest BCUT2D eigenvalue weighted by Gasteiger charge is 2.13. The Kier molecular flexibility index (Phi) is 3.70. The van der Waals surface area contributed by atoms with Gasteiger partial charge in [-0.1, -0.05) is 5.16 Å². The van der Waals surface area contributed by atoms with E-state index in [1.807, 2.05) is 0 Å². The van der Waals surface area contributed by atoms with Gasteiger partial charge >= 0.3 is 5.97 Å². The summed E-state index contributed by atoms with van der Waals surface area (Å²) in [6, 6.07) is 14.1. The zero-order valence-corrected chi connectivity index (χ0v) is 12.8. The van der Waals surface area contributed by atoms with E-state index in [0.717, 1.165) is 10.9 Å². The number of carbonyl (C=O) groups excluding carboxylic acids is 1. The molecule has 0 fully saturated rings. The quantitative estimate of drug-likeness (QED) is 0.414. The smallest absolute Gasteiger partial charge is 0.343 e. The first kappa shape index (κ1) is 15.0. The minimum absolute atomic E-state index is 0.318. The molecule has 4 rings (SSSR count). The Bertz CT molecular complexity index is 1040. The van der Waals surface area contributed by atoms with Gasteiger partial charge in [0, 0.05) is 29.4 Å². The average molecular weight is 334 g/mol. The molecule has 2 heterocycles. The third-order valence-corrected chi connectivity index (χ3v) is 3.69. The molecular weight excluding hydrogens is 323 g/mol. The largest absolute Gasteiger partial charge is 0.423 e. The maximum Gasteiger partial charge on any atom is 0.343 e.